The molecule has 5 aromatic rings. The average Bonchev–Trinajstić information content (AvgIpc) is 3.44. The van der Waals surface area contributed by atoms with Crippen molar-refractivity contribution in [3.63, 3.8) is 0 Å². The molecular weight excluding hydrogens is 577 g/mol. The van der Waals surface area contributed by atoms with Gasteiger partial charge in [-0.25, -0.2) is 33.6 Å². The largest absolute Gasteiger partial charge is 0.455 e. The molecule has 7 heterocycles. The number of hydrogen-bond acceptors (Lipinski definition) is 10. The van der Waals surface area contributed by atoms with E-state index in [1.165, 1.54) is 18.7 Å². The number of carbonyl (C=O) groups is 1. The maximum absolute atomic E-state index is 15.5. The van der Waals surface area contributed by atoms with Crippen molar-refractivity contribution in [2.24, 2.45) is 0 Å². The van der Waals surface area contributed by atoms with Crippen molar-refractivity contribution in [3.8, 4) is 11.5 Å². The topological polar surface area (TPSA) is 123 Å². The van der Waals surface area contributed by atoms with E-state index in [0.29, 0.717) is 41.3 Å². The SMILES string of the molecule is CC(C)(C)OC(=O)N1C2CC1CN(c1ccc3ncnc(Nc4ccc(Oc5ccn6ncnc6c5)c(Cl)c4F)c3n1)C2. The number of fused-ring (bicyclic) bond motifs is 4. The van der Waals surface area contributed by atoms with E-state index >= 15 is 4.39 Å². The standard InChI is InChI=1S/C29H27ClFN9O3/c1-29(2,3)43-28(41)40-16-10-17(40)13-38(12-16)22-7-5-20-26(37-22)27(34-14-32-20)36-19-4-6-21(24(30)25(19)31)42-18-8-9-39-23(11-18)33-15-35-39/h4-9,11,14-17H,10,12-13H2,1-3H3,(H,32,34,36). The number of anilines is 3. The Labute approximate surface area is 250 Å². The number of carbonyl (C=O) groups excluding carboxylic acids is 1. The number of piperidine rings is 1. The fourth-order valence-corrected chi connectivity index (χ4v) is 5.63. The molecule has 8 rings (SSSR count). The van der Waals surface area contributed by atoms with Crippen LogP contribution in [0.5, 0.6) is 11.5 Å². The quantitative estimate of drug-likeness (QED) is 0.272. The molecule has 0 radical (unpaired) electrons. The molecule has 14 heteroatoms. The molecule has 220 valence electrons. The van der Waals surface area contributed by atoms with E-state index < -0.39 is 11.4 Å². The fourth-order valence-electron chi connectivity index (χ4n) is 5.43. The smallest absolute Gasteiger partial charge is 0.410 e. The number of rotatable bonds is 5. The average molecular weight is 604 g/mol. The van der Waals surface area contributed by atoms with Gasteiger partial charge in [0.1, 0.15) is 46.1 Å². The van der Waals surface area contributed by atoms with Crippen molar-refractivity contribution < 1.29 is 18.7 Å². The lowest BCUT2D eigenvalue weighted by Crippen LogP contribution is -2.70. The van der Waals surface area contributed by atoms with E-state index in [2.05, 4.69) is 30.3 Å². The lowest BCUT2D eigenvalue weighted by atomic mass is 9.88. The molecule has 0 saturated carbocycles. The van der Waals surface area contributed by atoms with Gasteiger partial charge in [0.2, 0.25) is 0 Å². The predicted molar refractivity (Wildman–Crippen MR) is 158 cm³/mol. The Hall–Kier alpha value is -4.78. The third-order valence-electron chi connectivity index (χ3n) is 7.37. The maximum Gasteiger partial charge on any atom is 0.410 e. The Morgan fingerprint density at radius 2 is 1.88 bits per heavy atom. The van der Waals surface area contributed by atoms with E-state index in [-0.39, 0.29) is 34.6 Å². The summed E-state index contributed by atoms with van der Waals surface area (Å²) < 4.78 is 28.5. The van der Waals surface area contributed by atoms with Gasteiger partial charge < -0.3 is 19.7 Å². The summed E-state index contributed by atoms with van der Waals surface area (Å²) in [6, 6.07) is 10.3. The molecule has 2 unspecified atom stereocenters. The van der Waals surface area contributed by atoms with Gasteiger partial charge in [0, 0.05) is 25.4 Å². The summed E-state index contributed by atoms with van der Waals surface area (Å²) in [7, 11) is 0. The number of benzene rings is 1. The zero-order valence-corrected chi connectivity index (χ0v) is 24.3. The van der Waals surface area contributed by atoms with Crippen LogP contribution in [0.25, 0.3) is 16.7 Å². The molecule has 0 aliphatic carbocycles. The molecule has 3 aliphatic rings. The van der Waals surface area contributed by atoms with E-state index in [1.54, 1.807) is 28.9 Å². The van der Waals surface area contributed by atoms with Gasteiger partial charge in [-0.2, -0.15) is 5.10 Å². The molecule has 1 aromatic carbocycles. The molecule has 2 bridgehead atoms. The van der Waals surface area contributed by atoms with Crippen molar-refractivity contribution >= 4 is 51.7 Å². The summed E-state index contributed by atoms with van der Waals surface area (Å²) in [5, 5.41) is 6.87. The van der Waals surface area contributed by atoms with Gasteiger partial charge in [0.25, 0.3) is 0 Å². The minimum atomic E-state index is -0.705. The van der Waals surface area contributed by atoms with Crippen LogP contribution in [0.4, 0.5) is 26.5 Å². The van der Waals surface area contributed by atoms with Crippen LogP contribution in [0.15, 0.2) is 55.2 Å². The molecule has 4 aromatic heterocycles. The van der Waals surface area contributed by atoms with Gasteiger partial charge in [0.15, 0.2) is 17.3 Å². The third-order valence-corrected chi connectivity index (χ3v) is 7.72. The van der Waals surface area contributed by atoms with Gasteiger partial charge in [-0.05, 0) is 57.5 Å². The van der Waals surface area contributed by atoms with Crippen molar-refractivity contribution in [1.29, 1.82) is 0 Å². The van der Waals surface area contributed by atoms with Crippen LogP contribution in [-0.4, -0.2) is 71.3 Å². The minimum Gasteiger partial charge on any atom is -0.455 e. The summed E-state index contributed by atoms with van der Waals surface area (Å²) in [4.78, 5) is 34.3. The zero-order chi connectivity index (χ0) is 29.9. The highest BCUT2D eigenvalue weighted by Gasteiger charge is 2.49. The van der Waals surface area contributed by atoms with Gasteiger partial charge in [-0.1, -0.05) is 11.6 Å². The van der Waals surface area contributed by atoms with Crippen molar-refractivity contribution in [2.45, 2.75) is 44.9 Å². The fraction of sp³-hybridized carbons (Fsp3) is 0.310. The second kappa shape index (κ2) is 10.2. The lowest BCUT2D eigenvalue weighted by Gasteiger charge is -2.56. The number of halogens is 2. The first-order valence-corrected chi connectivity index (χ1v) is 14.1. The molecule has 2 atom stereocenters. The Balaban J connectivity index is 1.10. The normalized spacial score (nSPS) is 18.1. The minimum absolute atomic E-state index is 0.0472. The number of aromatic nitrogens is 6. The third kappa shape index (κ3) is 5.09. The Kier molecular flexibility index (Phi) is 6.42. The van der Waals surface area contributed by atoms with E-state index in [0.717, 1.165) is 12.2 Å². The van der Waals surface area contributed by atoms with Crippen molar-refractivity contribution in [1.82, 2.24) is 34.4 Å². The van der Waals surface area contributed by atoms with Crippen molar-refractivity contribution in [3.05, 3.63) is 66.1 Å². The van der Waals surface area contributed by atoms with Crippen LogP contribution in [0.2, 0.25) is 5.02 Å². The molecule has 3 fully saturated rings. The highest BCUT2D eigenvalue weighted by atomic mass is 35.5. The summed E-state index contributed by atoms with van der Waals surface area (Å²) in [5.74, 6) is 0.918. The Morgan fingerprint density at radius 3 is 2.67 bits per heavy atom. The summed E-state index contributed by atoms with van der Waals surface area (Å²) in [6.45, 7) is 6.84. The number of nitrogens with one attached hydrogen (secondary N) is 1. The highest BCUT2D eigenvalue weighted by Crippen LogP contribution is 2.38. The van der Waals surface area contributed by atoms with Gasteiger partial charge in [-0.3, -0.25) is 4.90 Å². The first kappa shape index (κ1) is 27.1. The van der Waals surface area contributed by atoms with Crippen LogP contribution in [0.3, 0.4) is 0 Å². The van der Waals surface area contributed by atoms with Crippen molar-refractivity contribution in [2.75, 3.05) is 23.3 Å². The molecule has 0 spiro atoms. The van der Waals surface area contributed by atoms with Crippen LogP contribution >= 0.6 is 11.6 Å². The van der Waals surface area contributed by atoms with E-state index in [4.69, 9.17) is 26.1 Å². The second-order valence-electron chi connectivity index (χ2n) is 11.5. The first-order chi connectivity index (χ1) is 20.6. The van der Waals surface area contributed by atoms with Gasteiger partial charge in [0.05, 0.1) is 23.3 Å². The number of hydrogen-bond donors (Lipinski definition) is 1. The van der Waals surface area contributed by atoms with Crippen LogP contribution in [-0.2, 0) is 4.74 Å². The number of ether oxygens (including phenoxy) is 2. The number of pyridine rings is 2. The predicted octanol–water partition coefficient (Wildman–Crippen LogP) is 5.59. The van der Waals surface area contributed by atoms with Gasteiger partial charge in [-0.15, -0.1) is 0 Å². The van der Waals surface area contributed by atoms with E-state index in [9.17, 15) is 4.79 Å². The molecule has 3 aliphatic heterocycles. The molecule has 3 saturated heterocycles. The number of nitrogens with zero attached hydrogens (tertiary/aromatic N) is 8. The molecule has 1 amide bonds. The lowest BCUT2D eigenvalue weighted by molar-refractivity contribution is -0.0380. The maximum atomic E-state index is 15.5. The molecule has 43 heavy (non-hydrogen) atoms. The molecule has 12 nitrogen and oxygen atoms in total. The van der Waals surface area contributed by atoms with Gasteiger partial charge >= 0.3 is 6.09 Å². The summed E-state index contributed by atoms with van der Waals surface area (Å²) in [5.41, 5.74) is 1.20. The summed E-state index contributed by atoms with van der Waals surface area (Å²) >= 11 is 6.38. The van der Waals surface area contributed by atoms with Crippen LogP contribution < -0.4 is 15.0 Å². The number of amides is 1. The highest BCUT2D eigenvalue weighted by molar-refractivity contribution is 6.32. The second-order valence-corrected chi connectivity index (χ2v) is 11.9. The number of piperazine rings is 1. The monoisotopic (exact) mass is 603 g/mol. The Bertz CT molecular complexity index is 1870. The van der Waals surface area contributed by atoms with E-state index in [1.807, 2.05) is 37.8 Å². The zero-order valence-electron chi connectivity index (χ0n) is 23.5. The molecule has 1 N–H and O–H groups in total. The summed E-state index contributed by atoms with van der Waals surface area (Å²) in [6.07, 6.45) is 5.14. The Morgan fingerprint density at radius 1 is 1.07 bits per heavy atom. The molecular formula is C29H27ClFN9O3. The van der Waals surface area contributed by atoms with Crippen LogP contribution in [0, 0.1) is 5.82 Å². The van der Waals surface area contributed by atoms with Crippen LogP contribution in [0.1, 0.15) is 27.2 Å². The first-order valence-electron chi connectivity index (χ1n) is 13.7.